The first kappa shape index (κ1) is 22.7. The van der Waals surface area contributed by atoms with Gasteiger partial charge in [0.2, 0.25) is 17.8 Å². The van der Waals surface area contributed by atoms with E-state index in [1.54, 1.807) is 25.2 Å². The number of phenols is 1. The molecule has 2 aromatic carbocycles. The van der Waals surface area contributed by atoms with Crippen molar-refractivity contribution in [3.05, 3.63) is 59.7 Å². The lowest BCUT2D eigenvalue weighted by Gasteiger charge is -2.11. The molecule has 158 valence electrons. The third-order valence-corrected chi connectivity index (χ3v) is 3.61. The second-order valence-corrected chi connectivity index (χ2v) is 5.69. The van der Waals surface area contributed by atoms with Gasteiger partial charge in [0.1, 0.15) is 5.75 Å². The predicted molar refractivity (Wildman–Crippen MR) is 111 cm³/mol. The molecule has 0 bridgehead atoms. The van der Waals surface area contributed by atoms with E-state index in [1.807, 2.05) is 0 Å². The van der Waals surface area contributed by atoms with E-state index < -0.39 is 11.7 Å². The normalized spacial score (nSPS) is 11.1. The zero-order valence-corrected chi connectivity index (χ0v) is 16.3. The Morgan fingerprint density at radius 1 is 0.967 bits per heavy atom. The van der Waals surface area contributed by atoms with Crippen molar-refractivity contribution in [1.29, 1.82) is 0 Å². The maximum absolute atomic E-state index is 12.9. The molecule has 0 unspecified atom stereocenters. The molecule has 8 nitrogen and oxygen atoms in total. The number of rotatable bonds is 6. The molecule has 0 fully saturated rings. The maximum atomic E-state index is 12.9. The number of hydrogen-bond acceptors (Lipinski definition) is 8. The standard InChI is InChI=1S/C18H16F3N7O.ClH/c1-22-15-25-16(24-13-7-4-6-12(9-13)18(19,20)21)27-17(26-15)28-23-10-11-5-2-3-8-14(11)29;/h2-10,29H,1H3,(H3,22,24,25,26,27,28);1H. The molecule has 0 aliphatic rings. The fraction of sp³-hybridized carbons (Fsp3) is 0.111. The molecule has 0 atom stereocenters. The average Bonchev–Trinajstić information content (AvgIpc) is 2.69. The lowest BCUT2D eigenvalue weighted by atomic mass is 10.2. The second kappa shape index (κ2) is 9.74. The van der Waals surface area contributed by atoms with Crippen molar-refractivity contribution in [3.8, 4) is 5.75 Å². The molecule has 0 spiro atoms. The first-order chi connectivity index (χ1) is 13.8. The Labute approximate surface area is 175 Å². The molecule has 0 saturated carbocycles. The highest BCUT2D eigenvalue weighted by atomic mass is 35.5. The molecule has 0 amide bonds. The largest absolute Gasteiger partial charge is 0.507 e. The summed E-state index contributed by atoms with van der Waals surface area (Å²) in [5, 5.41) is 19.1. The molecule has 3 rings (SSSR count). The summed E-state index contributed by atoms with van der Waals surface area (Å²) >= 11 is 0. The lowest BCUT2D eigenvalue weighted by Crippen LogP contribution is -2.08. The Hall–Kier alpha value is -3.60. The molecule has 30 heavy (non-hydrogen) atoms. The number of aromatic nitrogens is 3. The van der Waals surface area contributed by atoms with Crippen molar-refractivity contribution in [2.75, 3.05) is 23.1 Å². The fourth-order valence-corrected chi connectivity index (χ4v) is 2.25. The molecule has 0 aliphatic carbocycles. The van der Waals surface area contributed by atoms with Crippen LogP contribution in [-0.4, -0.2) is 33.3 Å². The quantitative estimate of drug-likeness (QED) is 0.336. The fourth-order valence-electron chi connectivity index (χ4n) is 2.25. The Kier molecular flexibility index (Phi) is 7.37. The number of anilines is 4. The van der Waals surface area contributed by atoms with Gasteiger partial charge in [-0.25, -0.2) is 5.43 Å². The summed E-state index contributed by atoms with van der Waals surface area (Å²) in [6, 6.07) is 11.2. The van der Waals surface area contributed by atoms with Crippen molar-refractivity contribution < 1.29 is 18.3 Å². The molecule has 0 aliphatic heterocycles. The van der Waals surface area contributed by atoms with Crippen LogP contribution in [0, 0.1) is 0 Å². The number of benzene rings is 2. The molecule has 1 aromatic heterocycles. The minimum Gasteiger partial charge on any atom is -0.507 e. The van der Waals surface area contributed by atoms with Gasteiger partial charge in [-0.15, -0.1) is 12.4 Å². The van der Waals surface area contributed by atoms with Crippen LogP contribution in [0.5, 0.6) is 5.75 Å². The van der Waals surface area contributed by atoms with E-state index in [1.165, 1.54) is 24.4 Å². The van der Waals surface area contributed by atoms with Gasteiger partial charge in [0.25, 0.3) is 0 Å². The van der Waals surface area contributed by atoms with Crippen LogP contribution >= 0.6 is 12.4 Å². The average molecular weight is 440 g/mol. The zero-order valence-electron chi connectivity index (χ0n) is 15.5. The summed E-state index contributed by atoms with van der Waals surface area (Å²) < 4.78 is 38.6. The van der Waals surface area contributed by atoms with Crippen molar-refractivity contribution >= 4 is 42.2 Å². The summed E-state index contributed by atoms with van der Waals surface area (Å²) in [5.41, 5.74) is 2.44. The van der Waals surface area contributed by atoms with E-state index in [-0.39, 0.29) is 41.7 Å². The topological polar surface area (TPSA) is 107 Å². The maximum Gasteiger partial charge on any atom is 0.416 e. The number of hydrazone groups is 1. The van der Waals surface area contributed by atoms with Crippen molar-refractivity contribution in [2.24, 2.45) is 5.10 Å². The molecule has 1 heterocycles. The Morgan fingerprint density at radius 2 is 1.67 bits per heavy atom. The van der Waals surface area contributed by atoms with Crippen LogP contribution < -0.4 is 16.1 Å². The van der Waals surface area contributed by atoms with E-state index >= 15 is 0 Å². The van der Waals surface area contributed by atoms with Gasteiger partial charge in [-0.2, -0.15) is 33.2 Å². The van der Waals surface area contributed by atoms with E-state index in [4.69, 9.17) is 0 Å². The summed E-state index contributed by atoms with van der Waals surface area (Å²) in [4.78, 5) is 12.2. The molecular formula is C18H17ClF3N7O. The minimum atomic E-state index is -4.46. The number of phenolic OH excluding ortho intramolecular Hbond substituents is 1. The van der Waals surface area contributed by atoms with E-state index in [0.717, 1.165) is 12.1 Å². The van der Waals surface area contributed by atoms with E-state index in [9.17, 15) is 18.3 Å². The smallest absolute Gasteiger partial charge is 0.416 e. The van der Waals surface area contributed by atoms with Crippen molar-refractivity contribution in [1.82, 2.24) is 15.0 Å². The SMILES string of the molecule is CNc1nc(NN=Cc2ccccc2O)nc(Nc2cccc(C(F)(F)F)c2)n1.Cl. The monoisotopic (exact) mass is 439 g/mol. The van der Waals surface area contributed by atoms with Gasteiger partial charge >= 0.3 is 6.18 Å². The van der Waals surface area contributed by atoms with Crippen LogP contribution in [0.2, 0.25) is 0 Å². The van der Waals surface area contributed by atoms with Crippen LogP contribution in [0.4, 0.5) is 36.7 Å². The second-order valence-electron chi connectivity index (χ2n) is 5.69. The van der Waals surface area contributed by atoms with Gasteiger partial charge in [0, 0.05) is 18.3 Å². The summed E-state index contributed by atoms with van der Waals surface area (Å²) in [7, 11) is 1.58. The molecule has 0 saturated heterocycles. The van der Waals surface area contributed by atoms with E-state index in [2.05, 4.69) is 36.1 Å². The summed E-state index contributed by atoms with van der Waals surface area (Å²) in [6.07, 6.45) is -3.09. The number of aromatic hydroxyl groups is 1. The van der Waals surface area contributed by atoms with E-state index in [0.29, 0.717) is 5.56 Å². The van der Waals surface area contributed by atoms with Crippen LogP contribution in [0.25, 0.3) is 0 Å². The van der Waals surface area contributed by atoms with Crippen LogP contribution in [0.3, 0.4) is 0 Å². The van der Waals surface area contributed by atoms with Gasteiger partial charge in [-0.3, -0.25) is 0 Å². The summed E-state index contributed by atoms with van der Waals surface area (Å²) in [6.45, 7) is 0. The number of para-hydroxylation sites is 1. The van der Waals surface area contributed by atoms with Crippen molar-refractivity contribution in [3.63, 3.8) is 0 Å². The number of hydrogen-bond donors (Lipinski definition) is 4. The van der Waals surface area contributed by atoms with Crippen molar-refractivity contribution in [2.45, 2.75) is 6.18 Å². The molecule has 4 N–H and O–H groups in total. The Morgan fingerprint density at radius 3 is 2.37 bits per heavy atom. The van der Waals surface area contributed by atoms with Gasteiger partial charge in [0.05, 0.1) is 11.8 Å². The van der Waals surface area contributed by atoms with Crippen LogP contribution in [0.15, 0.2) is 53.6 Å². The highest BCUT2D eigenvalue weighted by molar-refractivity contribution is 5.85. The first-order valence-electron chi connectivity index (χ1n) is 8.30. The number of nitrogens with one attached hydrogen (secondary N) is 3. The van der Waals surface area contributed by atoms with Crippen LogP contribution in [-0.2, 0) is 6.18 Å². The van der Waals surface area contributed by atoms with Crippen LogP contribution in [0.1, 0.15) is 11.1 Å². The van der Waals surface area contributed by atoms with Gasteiger partial charge < -0.3 is 15.7 Å². The Bertz CT molecular complexity index is 1030. The number of nitrogens with zero attached hydrogens (tertiary/aromatic N) is 4. The minimum absolute atomic E-state index is 0. The highest BCUT2D eigenvalue weighted by Gasteiger charge is 2.30. The van der Waals surface area contributed by atoms with Gasteiger partial charge in [-0.1, -0.05) is 18.2 Å². The number of halogens is 4. The number of alkyl halides is 3. The van der Waals surface area contributed by atoms with Gasteiger partial charge in [0.15, 0.2) is 0 Å². The highest BCUT2D eigenvalue weighted by Crippen LogP contribution is 2.31. The molecule has 3 aromatic rings. The molecule has 0 radical (unpaired) electrons. The molecule has 12 heteroatoms. The lowest BCUT2D eigenvalue weighted by molar-refractivity contribution is -0.137. The Balaban J connectivity index is 0.00000320. The summed E-state index contributed by atoms with van der Waals surface area (Å²) in [5.74, 6) is 0.292. The van der Waals surface area contributed by atoms with Gasteiger partial charge in [-0.05, 0) is 30.3 Å². The third-order valence-electron chi connectivity index (χ3n) is 3.61. The first-order valence-corrected chi connectivity index (χ1v) is 8.30. The zero-order chi connectivity index (χ0) is 20.9. The predicted octanol–water partition coefficient (Wildman–Crippen LogP) is 4.25. The molecular weight excluding hydrogens is 423 g/mol. The third kappa shape index (κ3) is 5.95.